The molecule has 1 fully saturated rings. The van der Waals surface area contributed by atoms with Gasteiger partial charge in [-0.25, -0.2) is 9.59 Å². The highest BCUT2D eigenvalue weighted by atomic mass is 16.4. The topological polar surface area (TPSA) is 60.9 Å². The second-order valence-electron chi connectivity index (χ2n) is 5.49. The van der Waals surface area contributed by atoms with Gasteiger partial charge in [-0.2, -0.15) is 0 Å². The van der Waals surface area contributed by atoms with Gasteiger partial charge in [0.05, 0.1) is 0 Å². The lowest BCUT2D eigenvalue weighted by Gasteiger charge is -2.29. The largest absolute Gasteiger partial charge is 0.480 e. The number of carbonyl (C=O) groups is 2. The summed E-state index contributed by atoms with van der Waals surface area (Å²) in [6.45, 7) is 7.43. The third kappa shape index (κ3) is 3.11. The lowest BCUT2D eigenvalue weighted by molar-refractivity contribution is -0.142. The number of carbonyl (C=O) groups excluding carboxylic acids is 1. The molecule has 0 aliphatic carbocycles. The maximum Gasteiger partial charge on any atom is 0.326 e. The number of carboxylic acids is 1. The molecule has 1 N–H and O–H groups in total. The molecule has 1 saturated heterocycles. The molecule has 17 heavy (non-hydrogen) atoms. The van der Waals surface area contributed by atoms with E-state index in [4.69, 9.17) is 5.11 Å². The number of amides is 2. The molecule has 1 aliphatic rings. The van der Waals surface area contributed by atoms with Crippen molar-refractivity contribution in [1.82, 2.24) is 9.80 Å². The quantitative estimate of drug-likeness (QED) is 0.818. The Morgan fingerprint density at radius 2 is 2.06 bits per heavy atom. The zero-order chi connectivity index (χ0) is 13.2. The number of rotatable bonds is 3. The molecule has 98 valence electrons. The van der Waals surface area contributed by atoms with Crippen LogP contribution in [0.4, 0.5) is 4.79 Å². The summed E-state index contributed by atoms with van der Waals surface area (Å²) in [4.78, 5) is 26.2. The van der Waals surface area contributed by atoms with Crippen LogP contribution < -0.4 is 0 Å². The van der Waals surface area contributed by atoms with Crippen LogP contribution in [0.25, 0.3) is 0 Å². The number of carboxylic acid groups (broad SMARTS) is 1. The second-order valence-corrected chi connectivity index (χ2v) is 5.49. The predicted molar refractivity (Wildman–Crippen MR) is 64.8 cm³/mol. The number of aliphatic carboxylic acids is 1. The summed E-state index contributed by atoms with van der Waals surface area (Å²) in [6.07, 6.45) is 1.39. The first-order valence-corrected chi connectivity index (χ1v) is 6.03. The molecule has 5 heteroatoms. The highest BCUT2D eigenvalue weighted by Gasteiger charge is 2.35. The Morgan fingerprint density at radius 1 is 1.47 bits per heavy atom. The summed E-state index contributed by atoms with van der Waals surface area (Å²) in [5, 5.41) is 9.03. The molecule has 1 rings (SSSR count). The molecule has 5 nitrogen and oxygen atoms in total. The van der Waals surface area contributed by atoms with Gasteiger partial charge in [0, 0.05) is 20.1 Å². The molecule has 0 radical (unpaired) electrons. The Bertz CT molecular complexity index is 315. The first kappa shape index (κ1) is 13.8. The zero-order valence-electron chi connectivity index (χ0n) is 11.1. The Hall–Kier alpha value is -1.26. The summed E-state index contributed by atoms with van der Waals surface area (Å²) in [7, 11) is 1.57. The van der Waals surface area contributed by atoms with Crippen molar-refractivity contribution < 1.29 is 14.7 Å². The molecule has 1 heterocycles. The summed E-state index contributed by atoms with van der Waals surface area (Å²) in [6, 6.07) is -0.906. The Balaban J connectivity index is 2.67. The van der Waals surface area contributed by atoms with Gasteiger partial charge in [-0.05, 0) is 18.3 Å². The van der Waals surface area contributed by atoms with E-state index >= 15 is 0 Å². The van der Waals surface area contributed by atoms with Gasteiger partial charge in [-0.1, -0.05) is 20.8 Å². The molecule has 1 aliphatic heterocycles. The van der Waals surface area contributed by atoms with E-state index < -0.39 is 12.0 Å². The SMILES string of the molecule is CCC(C(=O)O)N(C)C(=O)N1CCC(C)(C)C1. The predicted octanol–water partition coefficient (Wildman–Crippen LogP) is 1.63. The van der Waals surface area contributed by atoms with Crippen LogP contribution in [0.15, 0.2) is 0 Å². The first-order valence-electron chi connectivity index (χ1n) is 6.03. The monoisotopic (exact) mass is 242 g/mol. The minimum atomic E-state index is -0.943. The smallest absolute Gasteiger partial charge is 0.326 e. The van der Waals surface area contributed by atoms with Crippen molar-refractivity contribution in [3.63, 3.8) is 0 Å². The van der Waals surface area contributed by atoms with E-state index in [1.807, 2.05) is 0 Å². The number of likely N-dealkylation sites (tertiary alicyclic amines) is 1. The minimum absolute atomic E-state index is 0.140. The van der Waals surface area contributed by atoms with Gasteiger partial charge in [-0.15, -0.1) is 0 Å². The fourth-order valence-corrected chi connectivity index (χ4v) is 2.25. The van der Waals surface area contributed by atoms with Crippen LogP contribution in [-0.2, 0) is 4.79 Å². The minimum Gasteiger partial charge on any atom is -0.480 e. The van der Waals surface area contributed by atoms with Crippen LogP contribution in [0.2, 0.25) is 0 Å². The van der Waals surface area contributed by atoms with E-state index in [-0.39, 0.29) is 11.4 Å². The van der Waals surface area contributed by atoms with Gasteiger partial charge in [0.2, 0.25) is 0 Å². The number of urea groups is 1. The maximum atomic E-state index is 12.1. The van der Waals surface area contributed by atoms with Crippen LogP contribution in [0, 0.1) is 5.41 Å². The average molecular weight is 242 g/mol. The van der Waals surface area contributed by atoms with Crippen molar-refractivity contribution in [1.29, 1.82) is 0 Å². The first-order chi connectivity index (χ1) is 7.78. The van der Waals surface area contributed by atoms with E-state index in [9.17, 15) is 9.59 Å². The highest BCUT2D eigenvalue weighted by molar-refractivity contribution is 5.82. The zero-order valence-corrected chi connectivity index (χ0v) is 11.1. The van der Waals surface area contributed by atoms with Crippen molar-refractivity contribution in [3.8, 4) is 0 Å². The summed E-state index contributed by atoms with van der Waals surface area (Å²) in [5.41, 5.74) is 0.140. The molecule has 0 spiro atoms. The van der Waals surface area contributed by atoms with Crippen LogP contribution in [-0.4, -0.2) is 53.1 Å². The van der Waals surface area contributed by atoms with Gasteiger partial charge in [-0.3, -0.25) is 0 Å². The third-order valence-electron chi connectivity index (χ3n) is 3.39. The Kier molecular flexibility index (Phi) is 4.01. The Morgan fingerprint density at radius 3 is 2.41 bits per heavy atom. The molecule has 2 amide bonds. The molecule has 0 saturated carbocycles. The van der Waals surface area contributed by atoms with Crippen LogP contribution in [0.5, 0.6) is 0 Å². The van der Waals surface area contributed by atoms with Crippen LogP contribution >= 0.6 is 0 Å². The summed E-state index contributed by atoms with van der Waals surface area (Å²) >= 11 is 0. The number of likely N-dealkylation sites (N-methyl/N-ethyl adjacent to an activating group) is 1. The van der Waals surface area contributed by atoms with E-state index in [2.05, 4.69) is 13.8 Å². The van der Waals surface area contributed by atoms with Gasteiger partial charge >= 0.3 is 12.0 Å². The van der Waals surface area contributed by atoms with E-state index in [0.717, 1.165) is 6.42 Å². The fraction of sp³-hybridized carbons (Fsp3) is 0.833. The van der Waals surface area contributed by atoms with Crippen LogP contribution in [0.1, 0.15) is 33.6 Å². The standard InChI is InChI=1S/C12H22N2O3/c1-5-9(10(15)16)13(4)11(17)14-7-6-12(2,3)8-14/h9H,5-8H2,1-4H3,(H,15,16). The maximum absolute atomic E-state index is 12.1. The second kappa shape index (κ2) is 4.94. The molecule has 0 aromatic carbocycles. The molecule has 1 atom stereocenters. The molecule has 0 aromatic rings. The van der Waals surface area contributed by atoms with E-state index in [1.165, 1.54) is 4.90 Å². The number of hydrogen-bond donors (Lipinski definition) is 1. The van der Waals surface area contributed by atoms with Crippen molar-refractivity contribution in [3.05, 3.63) is 0 Å². The van der Waals surface area contributed by atoms with Crippen LogP contribution in [0.3, 0.4) is 0 Å². The van der Waals surface area contributed by atoms with Crippen molar-refractivity contribution in [2.24, 2.45) is 5.41 Å². The lowest BCUT2D eigenvalue weighted by atomic mass is 9.93. The molecule has 1 unspecified atom stereocenters. The fourth-order valence-electron chi connectivity index (χ4n) is 2.25. The molecular weight excluding hydrogens is 220 g/mol. The van der Waals surface area contributed by atoms with Crippen molar-refractivity contribution >= 4 is 12.0 Å². The number of hydrogen-bond acceptors (Lipinski definition) is 2. The van der Waals surface area contributed by atoms with Gasteiger partial charge in [0.25, 0.3) is 0 Å². The van der Waals surface area contributed by atoms with E-state index in [1.54, 1.807) is 18.9 Å². The van der Waals surface area contributed by atoms with Gasteiger partial charge < -0.3 is 14.9 Å². The van der Waals surface area contributed by atoms with Crippen molar-refractivity contribution in [2.45, 2.75) is 39.7 Å². The van der Waals surface area contributed by atoms with Gasteiger partial charge in [0.1, 0.15) is 6.04 Å². The normalized spacial score (nSPS) is 20.1. The molecule has 0 bridgehead atoms. The van der Waals surface area contributed by atoms with Crippen molar-refractivity contribution in [2.75, 3.05) is 20.1 Å². The average Bonchev–Trinajstić information content (AvgIpc) is 2.58. The van der Waals surface area contributed by atoms with E-state index in [0.29, 0.717) is 19.5 Å². The Labute approximate surface area is 102 Å². The highest BCUT2D eigenvalue weighted by Crippen LogP contribution is 2.29. The molecule has 0 aromatic heterocycles. The number of nitrogens with zero attached hydrogens (tertiary/aromatic N) is 2. The van der Waals surface area contributed by atoms with Gasteiger partial charge in [0.15, 0.2) is 0 Å². The third-order valence-corrected chi connectivity index (χ3v) is 3.39. The molecular formula is C12H22N2O3. The lowest BCUT2D eigenvalue weighted by Crippen LogP contribution is -2.48. The summed E-state index contributed by atoms with van der Waals surface area (Å²) < 4.78 is 0. The summed E-state index contributed by atoms with van der Waals surface area (Å²) in [5.74, 6) is -0.943.